The van der Waals surface area contributed by atoms with Crippen LogP contribution in [0, 0.1) is 0 Å². The second kappa shape index (κ2) is 11.0. The lowest BCUT2D eigenvalue weighted by Gasteiger charge is -2.33. The summed E-state index contributed by atoms with van der Waals surface area (Å²) in [4.78, 5) is 3.93. The number of alkyl halides is 3. The Bertz CT molecular complexity index is 1830. The summed E-state index contributed by atoms with van der Waals surface area (Å²) in [7, 11) is -7.88. The normalized spacial score (nSPS) is 15.7. The third kappa shape index (κ3) is 6.01. The van der Waals surface area contributed by atoms with Gasteiger partial charge >= 0.3 is 6.18 Å². The number of sulfonamides is 2. The summed E-state index contributed by atoms with van der Waals surface area (Å²) < 4.78 is 94.2. The van der Waals surface area contributed by atoms with Crippen LogP contribution in [0.4, 0.5) is 24.5 Å². The number of benzene rings is 3. The Hall–Kier alpha value is -2.94. The number of aromatic nitrogens is 1. The minimum atomic E-state index is -4.49. The van der Waals surface area contributed by atoms with Crippen LogP contribution in [0.25, 0.3) is 10.9 Å². The Balaban J connectivity index is 1.28. The summed E-state index contributed by atoms with van der Waals surface area (Å²) in [6.45, 7) is -0.248. The van der Waals surface area contributed by atoms with Gasteiger partial charge in [-0.05, 0) is 60.7 Å². The van der Waals surface area contributed by atoms with Gasteiger partial charge in [-0.1, -0.05) is 29.3 Å². The van der Waals surface area contributed by atoms with Crippen LogP contribution < -0.4 is 5.32 Å². The first-order valence-corrected chi connectivity index (χ1v) is 15.7. The van der Waals surface area contributed by atoms with Crippen LogP contribution in [-0.4, -0.2) is 56.6 Å². The second-order valence-corrected chi connectivity index (χ2v) is 13.8. The van der Waals surface area contributed by atoms with Gasteiger partial charge in [0.15, 0.2) is 0 Å². The lowest BCUT2D eigenvalue weighted by Crippen LogP contribution is -2.50. The van der Waals surface area contributed by atoms with Crippen molar-refractivity contribution in [3.8, 4) is 0 Å². The van der Waals surface area contributed by atoms with E-state index in [1.165, 1.54) is 63.3 Å². The molecule has 1 saturated heterocycles. The fourth-order valence-corrected chi connectivity index (χ4v) is 8.01. The summed E-state index contributed by atoms with van der Waals surface area (Å²) in [5, 5.41) is 3.82. The fourth-order valence-electron chi connectivity index (χ4n) is 4.42. The molecule has 1 aliphatic rings. The van der Waals surface area contributed by atoms with E-state index < -0.39 is 31.8 Å². The van der Waals surface area contributed by atoms with Crippen molar-refractivity contribution in [1.29, 1.82) is 0 Å². The zero-order valence-electron chi connectivity index (χ0n) is 20.9. The Labute approximate surface area is 244 Å². The maximum Gasteiger partial charge on any atom is 0.416 e. The zero-order valence-corrected chi connectivity index (χ0v) is 24.1. The summed E-state index contributed by atoms with van der Waals surface area (Å²) in [5.41, 5.74) is 0.351. The molecule has 2 heterocycles. The Morgan fingerprint density at radius 3 is 2.02 bits per heavy atom. The molecule has 3 aromatic carbocycles. The SMILES string of the molecule is O=S(=O)(c1ccc(Nc2ccnc3cc(C(F)(F)F)ccc23)cc1)N1CCN(S(=O)(=O)c2ccc(Cl)cc2Cl)CC1. The zero-order chi connectivity index (χ0) is 29.6. The average Bonchev–Trinajstić information content (AvgIpc) is 2.92. The number of hydrogen-bond donors (Lipinski definition) is 1. The molecule has 4 aromatic rings. The van der Waals surface area contributed by atoms with Crippen molar-refractivity contribution in [1.82, 2.24) is 13.6 Å². The van der Waals surface area contributed by atoms with Gasteiger partial charge < -0.3 is 5.32 Å². The van der Waals surface area contributed by atoms with Crippen molar-refractivity contribution in [2.45, 2.75) is 16.0 Å². The van der Waals surface area contributed by atoms with Gasteiger partial charge in [-0.2, -0.15) is 21.8 Å². The predicted molar refractivity (Wildman–Crippen MR) is 150 cm³/mol. The highest BCUT2D eigenvalue weighted by Crippen LogP contribution is 2.34. The van der Waals surface area contributed by atoms with Crippen molar-refractivity contribution in [2.24, 2.45) is 0 Å². The molecular formula is C26H21Cl2F3N4O4S2. The van der Waals surface area contributed by atoms with E-state index in [2.05, 4.69) is 10.3 Å². The fraction of sp³-hybridized carbons (Fsp3) is 0.192. The van der Waals surface area contributed by atoms with Crippen LogP contribution in [0.2, 0.25) is 10.0 Å². The maximum absolute atomic E-state index is 13.3. The lowest BCUT2D eigenvalue weighted by atomic mass is 10.1. The third-order valence-electron chi connectivity index (χ3n) is 6.55. The van der Waals surface area contributed by atoms with Crippen molar-refractivity contribution >= 4 is 65.5 Å². The molecule has 8 nitrogen and oxygen atoms in total. The number of rotatable bonds is 6. The predicted octanol–water partition coefficient (Wildman–Crippen LogP) is 6.00. The number of piperazine rings is 1. The average molecular weight is 646 g/mol. The van der Waals surface area contributed by atoms with Gasteiger partial charge in [0, 0.05) is 54.2 Å². The van der Waals surface area contributed by atoms with E-state index in [9.17, 15) is 30.0 Å². The van der Waals surface area contributed by atoms with Crippen LogP contribution in [0.5, 0.6) is 0 Å². The Kier molecular flexibility index (Phi) is 7.96. The number of pyridine rings is 1. The topological polar surface area (TPSA) is 99.7 Å². The van der Waals surface area contributed by atoms with Crippen LogP contribution in [0.3, 0.4) is 0 Å². The van der Waals surface area contributed by atoms with E-state index in [4.69, 9.17) is 23.2 Å². The van der Waals surface area contributed by atoms with Gasteiger partial charge in [-0.15, -0.1) is 0 Å². The first-order chi connectivity index (χ1) is 19.3. The largest absolute Gasteiger partial charge is 0.416 e. The van der Waals surface area contributed by atoms with E-state index in [1.807, 2.05) is 0 Å². The summed E-state index contributed by atoms with van der Waals surface area (Å²) in [6.07, 6.45) is -3.11. The van der Waals surface area contributed by atoms with Crippen LogP contribution in [-0.2, 0) is 26.2 Å². The summed E-state index contributed by atoms with van der Waals surface area (Å²) in [6, 6.07) is 14.8. The van der Waals surface area contributed by atoms with Gasteiger partial charge in [0.1, 0.15) is 4.90 Å². The smallest absolute Gasteiger partial charge is 0.355 e. The van der Waals surface area contributed by atoms with Gasteiger partial charge in [-0.25, -0.2) is 16.8 Å². The molecule has 15 heteroatoms. The lowest BCUT2D eigenvalue weighted by molar-refractivity contribution is -0.137. The number of halogens is 5. The number of nitrogens with one attached hydrogen (secondary N) is 1. The molecule has 0 unspecified atom stereocenters. The van der Waals surface area contributed by atoms with E-state index in [-0.39, 0.29) is 46.5 Å². The molecule has 1 fully saturated rings. The quantitative estimate of drug-likeness (QED) is 0.276. The van der Waals surface area contributed by atoms with Crippen molar-refractivity contribution < 1.29 is 30.0 Å². The molecule has 1 N–H and O–H groups in total. The molecule has 0 bridgehead atoms. The molecule has 5 rings (SSSR count). The second-order valence-electron chi connectivity index (χ2n) is 9.12. The van der Waals surface area contributed by atoms with E-state index >= 15 is 0 Å². The molecule has 0 saturated carbocycles. The standard InChI is InChI=1S/C26H21Cl2F3N4O4S2/c27-18-2-8-25(22(28)16-18)41(38,39)35-13-11-34(12-14-35)40(36,37)20-5-3-19(4-6-20)33-23-9-10-32-24-15-17(26(29,30)31)1-7-21(23)24/h1-10,15-16H,11-14H2,(H,32,33). The minimum absolute atomic E-state index is 0.00880. The van der Waals surface area contributed by atoms with Gasteiger partial charge in [-0.3, -0.25) is 4.98 Å². The maximum atomic E-state index is 13.3. The van der Waals surface area contributed by atoms with Crippen molar-refractivity contribution in [3.63, 3.8) is 0 Å². The monoisotopic (exact) mass is 644 g/mol. The molecule has 0 spiro atoms. The molecule has 1 aliphatic heterocycles. The highest BCUT2D eigenvalue weighted by Gasteiger charge is 2.35. The molecular weight excluding hydrogens is 624 g/mol. The number of nitrogens with zero attached hydrogens (tertiary/aromatic N) is 3. The van der Waals surface area contributed by atoms with Crippen LogP contribution in [0.15, 0.2) is 82.7 Å². The van der Waals surface area contributed by atoms with Gasteiger partial charge in [0.25, 0.3) is 0 Å². The molecule has 0 atom stereocenters. The Morgan fingerprint density at radius 1 is 0.780 bits per heavy atom. The minimum Gasteiger partial charge on any atom is -0.355 e. The van der Waals surface area contributed by atoms with E-state index in [0.29, 0.717) is 21.8 Å². The summed E-state index contributed by atoms with van der Waals surface area (Å²) >= 11 is 11.9. The first-order valence-electron chi connectivity index (χ1n) is 12.1. The van der Waals surface area contributed by atoms with Gasteiger partial charge in [0.2, 0.25) is 20.0 Å². The first kappa shape index (κ1) is 29.5. The summed E-state index contributed by atoms with van der Waals surface area (Å²) in [5.74, 6) is 0. The van der Waals surface area contributed by atoms with Gasteiger partial charge in [0.05, 0.1) is 21.0 Å². The molecule has 41 heavy (non-hydrogen) atoms. The number of anilines is 2. The van der Waals surface area contributed by atoms with E-state index in [1.54, 1.807) is 6.07 Å². The highest BCUT2D eigenvalue weighted by molar-refractivity contribution is 7.89. The molecule has 0 aliphatic carbocycles. The van der Waals surface area contributed by atoms with Crippen LogP contribution in [0.1, 0.15) is 5.56 Å². The molecule has 0 radical (unpaired) electrons. The molecule has 0 amide bonds. The Morgan fingerprint density at radius 2 is 1.41 bits per heavy atom. The number of hydrogen-bond acceptors (Lipinski definition) is 6. The molecule has 1 aromatic heterocycles. The third-order valence-corrected chi connectivity index (χ3v) is 11.1. The highest BCUT2D eigenvalue weighted by atomic mass is 35.5. The molecule has 216 valence electrons. The van der Waals surface area contributed by atoms with E-state index in [0.717, 1.165) is 12.1 Å². The number of fused-ring (bicyclic) bond motifs is 1. The van der Waals surface area contributed by atoms with Crippen molar-refractivity contribution in [2.75, 3.05) is 31.5 Å². The van der Waals surface area contributed by atoms with Crippen molar-refractivity contribution in [3.05, 3.63) is 88.5 Å². The van der Waals surface area contributed by atoms with Crippen LogP contribution >= 0.6 is 23.2 Å².